The van der Waals surface area contributed by atoms with Crippen molar-refractivity contribution < 1.29 is 9.59 Å². The van der Waals surface area contributed by atoms with Crippen LogP contribution in [0.3, 0.4) is 0 Å². The van der Waals surface area contributed by atoms with Gasteiger partial charge in [0, 0.05) is 11.8 Å². The minimum Gasteiger partial charge on any atom is -0.340 e. The molecule has 0 radical (unpaired) electrons. The maximum atomic E-state index is 13.3. The molecule has 2 heterocycles. The molecule has 2 unspecified atom stereocenters. The first-order valence-corrected chi connectivity index (χ1v) is 9.43. The van der Waals surface area contributed by atoms with Gasteiger partial charge >= 0.3 is 0 Å². The maximum Gasteiger partial charge on any atom is 0.249 e. The summed E-state index contributed by atoms with van der Waals surface area (Å²) in [6, 6.07) is -0.0338. The average Bonchev–Trinajstić information content (AvgIpc) is 2.97. The summed E-state index contributed by atoms with van der Waals surface area (Å²) < 4.78 is 0. The lowest BCUT2D eigenvalue weighted by Crippen LogP contribution is -2.73. The Morgan fingerprint density at radius 1 is 1.24 bits per heavy atom. The van der Waals surface area contributed by atoms with Crippen LogP contribution in [0.25, 0.3) is 0 Å². The largest absolute Gasteiger partial charge is 0.340 e. The number of nitrogens with one attached hydrogen (secondary N) is 1. The molecule has 2 atom stereocenters. The highest BCUT2D eigenvalue weighted by Gasteiger charge is 2.53. The lowest BCUT2D eigenvalue weighted by Gasteiger charge is -2.50. The second-order valence-electron chi connectivity index (χ2n) is 7.05. The molecule has 2 saturated heterocycles. The van der Waals surface area contributed by atoms with Gasteiger partial charge in [-0.15, -0.1) is 0 Å². The van der Waals surface area contributed by atoms with Gasteiger partial charge in [-0.2, -0.15) is 11.8 Å². The van der Waals surface area contributed by atoms with E-state index in [1.54, 1.807) is 0 Å². The zero-order chi connectivity index (χ0) is 15.0. The predicted octanol–water partition coefficient (Wildman–Crippen LogP) is 2.18. The van der Waals surface area contributed by atoms with Crippen LogP contribution < -0.4 is 5.32 Å². The Balaban J connectivity index is 1.93. The Hall–Kier alpha value is -0.710. The van der Waals surface area contributed by atoms with Crippen molar-refractivity contribution >= 4 is 23.6 Å². The molecule has 3 aliphatic rings. The number of amides is 2. The lowest BCUT2D eigenvalue weighted by atomic mass is 9.77. The van der Waals surface area contributed by atoms with Gasteiger partial charge in [0.25, 0.3) is 0 Å². The molecule has 0 aromatic heterocycles. The molecule has 118 valence electrons. The summed E-state index contributed by atoms with van der Waals surface area (Å²) in [4.78, 5) is 27.9. The Kier molecular flexibility index (Phi) is 4.21. The molecule has 1 aliphatic carbocycles. The molecule has 3 fully saturated rings. The summed E-state index contributed by atoms with van der Waals surface area (Å²) in [5, 5.41) is 3.13. The van der Waals surface area contributed by atoms with Crippen LogP contribution in [0.2, 0.25) is 0 Å². The van der Waals surface area contributed by atoms with Gasteiger partial charge in [0.1, 0.15) is 11.6 Å². The number of piperazine rings is 1. The molecule has 1 N–H and O–H groups in total. The fourth-order valence-electron chi connectivity index (χ4n) is 4.12. The molecule has 0 aromatic rings. The highest BCUT2D eigenvalue weighted by Crippen LogP contribution is 2.37. The first kappa shape index (κ1) is 15.2. The zero-order valence-electron chi connectivity index (χ0n) is 13.1. The van der Waals surface area contributed by atoms with Crippen LogP contribution in [0.4, 0.5) is 0 Å². The summed E-state index contributed by atoms with van der Waals surface area (Å²) >= 11 is 1.90. The SMILES string of the molecule is CC(C)C1C(=O)NC2(CCCCC2)C(=O)N1C1CCSC1. The van der Waals surface area contributed by atoms with E-state index in [0.717, 1.165) is 43.6 Å². The van der Waals surface area contributed by atoms with Gasteiger partial charge in [-0.05, 0) is 30.9 Å². The van der Waals surface area contributed by atoms with Gasteiger partial charge in [0.15, 0.2) is 0 Å². The van der Waals surface area contributed by atoms with Crippen molar-refractivity contribution in [3.05, 3.63) is 0 Å². The number of thioether (sulfide) groups is 1. The van der Waals surface area contributed by atoms with Gasteiger partial charge < -0.3 is 10.2 Å². The van der Waals surface area contributed by atoms with E-state index < -0.39 is 5.54 Å². The molecule has 5 heteroatoms. The average molecular weight is 310 g/mol. The van der Waals surface area contributed by atoms with Crippen LogP contribution in [-0.4, -0.2) is 45.8 Å². The minimum atomic E-state index is -0.589. The monoisotopic (exact) mass is 310 g/mol. The summed E-state index contributed by atoms with van der Waals surface area (Å²) in [5.41, 5.74) is -0.589. The molecule has 0 bridgehead atoms. The fourth-order valence-corrected chi connectivity index (χ4v) is 5.32. The second-order valence-corrected chi connectivity index (χ2v) is 8.20. The summed E-state index contributed by atoms with van der Waals surface area (Å²) in [6.45, 7) is 4.09. The molecule has 4 nitrogen and oxygen atoms in total. The minimum absolute atomic E-state index is 0.0726. The summed E-state index contributed by atoms with van der Waals surface area (Å²) in [5.74, 6) is 2.53. The Bertz CT molecular complexity index is 426. The number of hydrogen-bond acceptors (Lipinski definition) is 3. The zero-order valence-corrected chi connectivity index (χ0v) is 13.9. The van der Waals surface area contributed by atoms with E-state index in [-0.39, 0.29) is 29.8 Å². The first-order chi connectivity index (χ1) is 10.1. The van der Waals surface area contributed by atoms with Crippen molar-refractivity contribution in [2.45, 2.75) is 70.0 Å². The van der Waals surface area contributed by atoms with Crippen LogP contribution in [0.1, 0.15) is 52.4 Å². The normalized spacial score (nSPS) is 32.8. The van der Waals surface area contributed by atoms with E-state index in [4.69, 9.17) is 0 Å². The number of nitrogens with zero attached hydrogens (tertiary/aromatic N) is 1. The Morgan fingerprint density at radius 2 is 1.95 bits per heavy atom. The number of carbonyl (C=O) groups is 2. The number of rotatable bonds is 2. The van der Waals surface area contributed by atoms with Crippen LogP contribution in [0, 0.1) is 5.92 Å². The highest BCUT2D eigenvalue weighted by molar-refractivity contribution is 7.99. The second kappa shape index (κ2) is 5.82. The third kappa shape index (κ3) is 2.58. The Labute approximate surface area is 131 Å². The van der Waals surface area contributed by atoms with Crippen molar-refractivity contribution in [3.63, 3.8) is 0 Å². The molecular formula is C16H26N2O2S. The number of carbonyl (C=O) groups excluding carboxylic acids is 2. The van der Waals surface area contributed by atoms with Crippen LogP contribution in [0.15, 0.2) is 0 Å². The highest BCUT2D eigenvalue weighted by atomic mass is 32.2. The van der Waals surface area contributed by atoms with Crippen molar-refractivity contribution in [2.24, 2.45) is 5.92 Å². The Morgan fingerprint density at radius 3 is 2.52 bits per heavy atom. The van der Waals surface area contributed by atoms with Gasteiger partial charge in [-0.3, -0.25) is 9.59 Å². The molecule has 1 spiro atoms. The molecule has 3 rings (SSSR count). The lowest BCUT2D eigenvalue weighted by molar-refractivity contribution is -0.161. The number of hydrogen-bond donors (Lipinski definition) is 1. The smallest absolute Gasteiger partial charge is 0.249 e. The van der Waals surface area contributed by atoms with Crippen molar-refractivity contribution in [1.82, 2.24) is 10.2 Å². The quantitative estimate of drug-likeness (QED) is 0.850. The third-order valence-electron chi connectivity index (χ3n) is 5.21. The van der Waals surface area contributed by atoms with E-state index in [9.17, 15) is 9.59 Å². The third-order valence-corrected chi connectivity index (χ3v) is 6.36. The van der Waals surface area contributed by atoms with Crippen molar-refractivity contribution in [1.29, 1.82) is 0 Å². The molecule has 2 aliphatic heterocycles. The van der Waals surface area contributed by atoms with Gasteiger partial charge in [0.2, 0.25) is 11.8 Å². The molecule has 21 heavy (non-hydrogen) atoms. The van der Waals surface area contributed by atoms with E-state index in [1.807, 2.05) is 30.5 Å². The van der Waals surface area contributed by atoms with E-state index in [0.29, 0.717) is 0 Å². The first-order valence-electron chi connectivity index (χ1n) is 8.28. The van der Waals surface area contributed by atoms with Gasteiger partial charge in [0.05, 0.1) is 0 Å². The van der Waals surface area contributed by atoms with Gasteiger partial charge in [-0.25, -0.2) is 0 Å². The van der Waals surface area contributed by atoms with E-state index in [2.05, 4.69) is 5.32 Å². The van der Waals surface area contributed by atoms with E-state index in [1.165, 1.54) is 6.42 Å². The molecule has 2 amide bonds. The molecule has 1 saturated carbocycles. The van der Waals surface area contributed by atoms with Gasteiger partial charge in [-0.1, -0.05) is 33.1 Å². The fraction of sp³-hybridized carbons (Fsp3) is 0.875. The summed E-state index contributed by atoms with van der Waals surface area (Å²) in [7, 11) is 0. The maximum absolute atomic E-state index is 13.3. The van der Waals surface area contributed by atoms with Crippen molar-refractivity contribution in [3.8, 4) is 0 Å². The van der Waals surface area contributed by atoms with Crippen LogP contribution >= 0.6 is 11.8 Å². The summed E-state index contributed by atoms with van der Waals surface area (Å²) in [6.07, 6.45) is 5.94. The topological polar surface area (TPSA) is 49.4 Å². The van der Waals surface area contributed by atoms with E-state index >= 15 is 0 Å². The molecular weight excluding hydrogens is 284 g/mol. The van der Waals surface area contributed by atoms with Crippen molar-refractivity contribution in [2.75, 3.05) is 11.5 Å². The standard InChI is InChI=1S/C16H26N2O2S/c1-11(2)13-14(19)17-16(7-4-3-5-8-16)15(20)18(13)12-6-9-21-10-12/h11-13H,3-10H2,1-2H3,(H,17,19). The van der Waals surface area contributed by atoms with Crippen LogP contribution in [0.5, 0.6) is 0 Å². The molecule has 0 aromatic carbocycles. The van der Waals surface area contributed by atoms with Crippen LogP contribution in [-0.2, 0) is 9.59 Å². The predicted molar refractivity (Wildman–Crippen MR) is 85.2 cm³/mol.